The molecule has 1 rings (SSSR count). The van der Waals surface area contributed by atoms with Gasteiger partial charge in [-0.1, -0.05) is 6.92 Å². The first-order valence-corrected chi connectivity index (χ1v) is 4.81. The highest BCUT2D eigenvalue weighted by molar-refractivity contribution is 5.24. The Morgan fingerprint density at radius 1 is 1.57 bits per heavy atom. The Morgan fingerprint density at radius 3 is 2.79 bits per heavy atom. The largest absolute Gasteiger partial charge is 0.481 e. The van der Waals surface area contributed by atoms with E-state index in [9.17, 15) is 0 Å². The van der Waals surface area contributed by atoms with Gasteiger partial charge in [-0.15, -0.1) is 0 Å². The Bertz CT molecular complexity index is 299. The SMILES string of the molecule is CCc1ncc(CC(C)N)c(OC)n1. The molecule has 0 spiro atoms. The lowest BCUT2D eigenvalue weighted by atomic mass is 10.1. The number of hydrogen-bond donors (Lipinski definition) is 1. The van der Waals surface area contributed by atoms with E-state index in [-0.39, 0.29) is 6.04 Å². The maximum absolute atomic E-state index is 5.71. The molecular weight excluding hydrogens is 178 g/mol. The topological polar surface area (TPSA) is 61.0 Å². The molecule has 0 radical (unpaired) electrons. The first-order valence-electron chi connectivity index (χ1n) is 4.81. The number of methoxy groups -OCH3 is 1. The van der Waals surface area contributed by atoms with Crippen LogP contribution < -0.4 is 10.5 Å². The van der Waals surface area contributed by atoms with Crippen LogP contribution in [0.3, 0.4) is 0 Å². The van der Waals surface area contributed by atoms with Crippen LogP contribution in [0.2, 0.25) is 0 Å². The van der Waals surface area contributed by atoms with E-state index in [1.54, 1.807) is 13.3 Å². The van der Waals surface area contributed by atoms with Gasteiger partial charge in [0.05, 0.1) is 7.11 Å². The maximum Gasteiger partial charge on any atom is 0.219 e. The highest BCUT2D eigenvalue weighted by atomic mass is 16.5. The predicted molar refractivity (Wildman–Crippen MR) is 55.3 cm³/mol. The minimum atomic E-state index is 0.0972. The summed E-state index contributed by atoms with van der Waals surface area (Å²) in [6.07, 6.45) is 3.36. The van der Waals surface area contributed by atoms with Crippen LogP contribution in [-0.2, 0) is 12.8 Å². The molecule has 0 bridgehead atoms. The van der Waals surface area contributed by atoms with E-state index in [0.29, 0.717) is 5.88 Å². The van der Waals surface area contributed by atoms with Gasteiger partial charge in [-0.05, 0) is 13.3 Å². The molecule has 0 aliphatic rings. The van der Waals surface area contributed by atoms with E-state index in [1.807, 2.05) is 13.8 Å². The number of rotatable bonds is 4. The van der Waals surface area contributed by atoms with Crippen LogP contribution in [0, 0.1) is 0 Å². The molecular formula is C10H17N3O. The van der Waals surface area contributed by atoms with Crippen LogP contribution in [0.25, 0.3) is 0 Å². The average Bonchev–Trinajstić information content (AvgIpc) is 2.17. The molecule has 4 heteroatoms. The van der Waals surface area contributed by atoms with Gasteiger partial charge < -0.3 is 10.5 Å². The molecule has 0 aliphatic heterocycles. The van der Waals surface area contributed by atoms with Gasteiger partial charge in [0.25, 0.3) is 0 Å². The molecule has 0 aliphatic carbocycles. The molecule has 4 nitrogen and oxygen atoms in total. The highest BCUT2D eigenvalue weighted by Crippen LogP contribution is 2.15. The van der Waals surface area contributed by atoms with Crippen LogP contribution in [0.5, 0.6) is 5.88 Å². The average molecular weight is 195 g/mol. The third kappa shape index (κ3) is 2.67. The standard InChI is InChI=1S/C10H17N3O/c1-4-9-12-6-8(5-7(2)11)10(13-9)14-3/h6-7H,4-5,11H2,1-3H3. The summed E-state index contributed by atoms with van der Waals surface area (Å²) in [6, 6.07) is 0.0972. The number of aromatic nitrogens is 2. The minimum Gasteiger partial charge on any atom is -0.481 e. The monoisotopic (exact) mass is 195 g/mol. The van der Waals surface area contributed by atoms with E-state index in [0.717, 1.165) is 24.2 Å². The first-order chi connectivity index (χ1) is 6.67. The van der Waals surface area contributed by atoms with Gasteiger partial charge in [-0.25, -0.2) is 4.98 Å². The van der Waals surface area contributed by atoms with E-state index >= 15 is 0 Å². The van der Waals surface area contributed by atoms with Crippen molar-refractivity contribution in [2.24, 2.45) is 5.73 Å². The molecule has 1 atom stereocenters. The number of nitrogens with zero attached hydrogens (tertiary/aromatic N) is 2. The summed E-state index contributed by atoms with van der Waals surface area (Å²) < 4.78 is 5.18. The van der Waals surface area contributed by atoms with Gasteiger partial charge >= 0.3 is 0 Å². The van der Waals surface area contributed by atoms with Gasteiger partial charge in [0.15, 0.2) is 0 Å². The molecule has 0 aromatic carbocycles. The van der Waals surface area contributed by atoms with Crippen LogP contribution in [0.4, 0.5) is 0 Å². The van der Waals surface area contributed by atoms with E-state index in [1.165, 1.54) is 0 Å². The van der Waals surface area contributed by atoms with Crippen molar-refractivity contribution in [1.29, 1.82) is 0 Å². The summed E-state index contributed by atoms with van der Waals surface area (Å²) in [5.74, 6) is 1.45. The lowest BCUT2D eigenvalue weighted by Gasteiger charge is -2.09. The summed E-state index contributed by atoms with van der Waals surface area (Å²) in [7, 11) is 1.62. The van der Waals surface area contributed by atoms with Crippen LogP contribution >= 0.6 is 0 Å². The van der Waals surface area contributed by atoms with Gasteiger partial charge in [-0.2, -0.15) is 4.98 Å². The molecule has 0 saturated heterocycles. The zero-order valence-electron chi connectivity index (χ0n) is 8.95. The molecule has 1 aromatic heterocycles. The molecule has 14 heavy (non-hydrogen) atoms. The summed E-state index contributed by atoms with van der Waals surface area (Å²) in [4.78, 5) is 8.49. The number of aryl methyl sites for hydroxylation is 1. The van der Waals surface area contributed by atoms with Crippen molar-refractivity contribution < 1.29 is 4.74 Å². The van der Waals surface area contributed by atoms with Gasteiger partial charge in [0.2, 0.25) is 5.88 Å². The lowest BCUT2D eigenvalue weighted by Crippen LogP contribution is -2.18. The van der Waals surface area contributed by atoms with Crippen LogP contribution in [0.15, 0.2) is 6.20 Å². The molecule has 0 amide bonds. The summed E-state index contributed by atoms with van der Waals surface area (Å²) >= 11 is 0. The lowest BCUT2D eigenvalue weighted by molar-refractivity contribution is 0.388. The third-order valence-corrected chi connectivity index (χ3v) is 1.93. The normalized spacial score (nSPS) is 12.6. The summed E-state index contributed by atoms with van der Waals surface area (Å²) in [5, 5.41) is 0. The summed E-state index contributed by atoms with van der Waals surface area (Å²) in [6.45, 7) is 3.97. The number of hydrogen-bond acceptors (Lipinski definition) is 4. The quantitative estimate of drug-likeness (QED) is 0.776. The molecule has 2 N–H and O–H groups in total. The van der Waals surface area contributed by atoms with Crippen molar-refractivity contribution in [2.75, 3.05) is 7.11 Å². The molecule has 0 saturated carbocycles. The van der Waals surface area contributed by atoms with Crippen molar-refractivity contribution in [3.8, 4) is 5.88 Å². The van der Waals surface area contributed by atoms with Crippen molar-refractivity contribution in [2.45, 2.75) is 32.7 Å². The van der Waals surface area contributed by atoms with Crippen molar-refractivity contribution in [1.82, 2.24) is 9.97 Å². The zero-order chi connectivity index (χ0) is 10.6. The fraction of sp³-hybridized carbons (Fsp3) is 0.600. The number of ether oxygens (including phenoxy) is 1. The maximum atomic E-state index is 5.71. The molecule has 1 aromatic rings. The van der Waals surface area contributed by atoms with Gasteiger partial charge in [0, 0.05) is 24.2 Å². The Morgan fingerprint density at radius 2 is 2.29 bits per heavy atom. The van der Waals surface area contributed by atoms with Gasteiger partial charge in [0.1, 0.15) is 5.82 Å². The van der Waals surface area contributed by atoms with Crippen molar-refractivity contribution >= 4 is 0 Å². The predicted octanol–water partition coefficient (Wildman–Crippen LogP) is 0.937. The van der Waals surface area contributed by atoms with E-state index in [2.05, 4.69) is 9.97 Å². The Kier molecular flexibility index (Phi) is 3.83. The third-order valence-electron chi connectivity index (χ3n) is 1.93. The van der Waals surface area contributed by atoms with Gasteiger partial charge in [-0.3, -0.25) is 0 Å². The molecule has 1 unspecified atom stereocenters. The zero-order valence-corrected chi connectivity index (χ0v) is 8.95. The van der Waals surface area contributed by atoms with Crippen molar-refractivity contribution in [3.63, 3.8) is 0 Å². The first kappa shape index (κ1) is 10.9. The second kappa shape index (κ2) is 4.91. The smallest absolute Gasteiger partial charge is 0.219 e. The fourth-order valence-electron chi connectivity index (χ4n) is 1.26. The van der Waals surface area contributed by atoms with Crippen LogP contribution in [-0.4, -0.2) is 23.1 Å². The molecule has 0 fully saturated rings. The van der Waals surface area contributed by atoms with E-state index in [4.69, 9.17) is 10.5 Å². The second-order valence-corrected chi connectivity index (χ2v) is 3.36. The second-order valence-electron chi connectivity index (χ2n) is 3.36. The molecule has 78 valence electrons. The highest BCUT2D eigenvalue weighted by Gasteiger charge is 2.08. The number of nitrogens with two attached hydrogens (primary N) is 1. The summed E-state index contributed by atoms with van der Waals surface area (Å²) in [5.41, 5.74) is 6.68. The van der Waals surface area contributed by atoms with Crippen LogP contribution in [0.1, 0.15) is 25.2 Å². The Hall–Kier alpha value is -1.16. The Balaban J connectivity index is 2.93. The Labute approximate surface area is 84.5 Å². The van der Waals surface area contributed by atoms with Crippen molar-refractivity contribution in [3.05, 3.63) is 17.6 Å². The fourth-order valence-corrected chi connectivity index (χ4v) is 1.26. The molecule has 1 heterocycles. The van der Waals surface area contributed by atoms with E-state index < -0.39 is 0 Å². The minimum absolute atomic E-state index is 0.0972.